The maximum absolute atomic E-state index is 12.0. The quantitative estimate of drug-likeness (QED) is 0.660. The van der Waals surface area contributed by atoms with Crippen molar-refractivity contribution in [1.82, 2.24) is 0 Å². The molecule has 1 amide bonds. The van der Waals surface area contributed by atoms with Crippen LogP contribution in [0.3, 0.4) is 0 Å². The molecule has 0 aromatic heterocycles. The maximum atomic E-state index is 12.0. The Kier molecular flexibility index (Phi) is 7.44. The first-order valence-corrected chi connectivity index (χ1v) is 9.30. The van der Waals surface area contributed by atoms with Crippen LogP contribution in [0.15, 0.2) is 48.5 Å². The number of esters is 1. The number of carbonyl (C=O) groups excluding carboxylic acids is 2. The highest BCUT2D eigenvalue weighted by atomic mass is 16.5. The van der Waals surface area contributed by atoms with Gasteiger partial charge in [-0.15, -0.1) is 0 Å². The Morgan fingerprint density at radius 2 is 1.32 bits per heavy atom. The molecule has 6 heteroatoms. The van der Waals surface area contributed by atoms with Crippen molar-refractivity contribution in [2.24, 2.45) is 5.41 Å². The molecule has 6 nitrogen and oxygen atoms in total. The Labute approximate surface area is 166 Å². The van der Waals surface area contributed by atoms with Crippen LogP contribution in [-0.4, -0.2) is 18.6 Å². The van der Waals surface area contributed by atoms with Crippen molar-refractivity contribution < 1.29 is 19.1 Å². The van der Waals surface area contributed by atoms with E-state index < -0.39 is 11.5 Å². The van der Waals surface area contributed by atoms with Gasteiger partial charge in [0.25, 0.3) is 0 Å². The molecule has 0 aliphatic carbocycles. The number of hydrogen-bond acceptors (Lipinski definition) is 5. The number of rotatable bonds is 7. The molecule has 2 aromatic carbocycles. The molecule has 0 aliphatic heterocycles. The minimum absolute atomic E-state index is 0.194. The molecule has 150 valence electrons. The molecule has 0 atom stereocenters. The predicted molar refractivity (Wildman–Crippen MR) is 110 cm³/mol. The van der Waals surface area contributed by atoms with Crippen LogP contribution in [0.2, 0.25) is 0 Å². The van der Waals surface area contributed by atoms with Crippen LogP contribution < -0.4 is 10.6 Å². The van der Waals surface area contributed by atoms with Gasteiger partial charge in [-0.3, -0.25) is 10.1 Å². The normalized spacial score (nSPS) is 10.9. The van der Waals surface area contributed by atoms with Gasteiger partial charge in [0, 0.05) is 17.9 Å². The molecule has 2 N–H and O–H groups in total. The summed E-state index contributed by atoms with van der Waals surface area (Å²) in [6.07, 6.45) is -0.525. The van der Waals surface area contributed by atoms with Crippen LogP contribution in [0.25, 0.3) is 0 Å². The molecule has 0 saturated carbocycles. The lowest BCUT2D eigenvalue weighted by Crippen LogP contribution is -2.22. The van der Waals surface area contributed by atoms with Crippen molar-refractivity contribution >= 4 is 23.4 Å². The number of anilines is 2. The van der Waals surface area contributed by atoms with Crippen molar-refractivity contribution in [1.29, 1.82) is 0 Å². The molecular weight excluding hydrogens is 356 g/mol. The molecule has 0 radical (unpaired) electrons. The van der Waals surface area contributed by atoms with Crippen molar-refractivity contribution in [3.63, 3.8) is 0 Å². The van der Waals surface area contributed by atoms with Crippen molar-refractivity contribution in [3.05, 3.63) is 59.7 Å². The SMILES string of the molecule is CCNc1ccc(COC(=O)Nc2ccc(COC(=O)C(C)(C)C)cc2)cc1. The summed E-state index contributed by atoms with van der Waals surface area (Å²) in [7, 11) is 0. The van der Waals surface area contributed by atoms with Crippen LogP contribution in [0.1, 0.15) is 38.8 Å². The van der Waals surface area contributed by atoms with Gasteiger partial charge in [0.15, 0.2) is 0 Å². The van der Waals surface area contributed by atoms with Crippen LogP contribution in [0, 0.1) is 5.41 Å². The highest BCUT2D eigenvalue weighted by Crippen LogP contribution is 2.17. The minimum atomic E-state index is -0.530. The van der Waals surface area contributed by atoms with Crippen LogP contribution in [0.5, 0.6) is 0 Å². The molecule has 28 heavy (non-hydrogen) atoms. The van der Waals surface area contributed by atoms with E-state index in [9.17, 15) is 9.59 Å². The fourth-order valence-corrected chi connectivity index (χ4v) is 2.28. The Hall–Kier alpha value is -3.02. The van der Waals surface area contributed by atoms with E-state index in [2.05, 4.69) is 10.6 Å². The topological polar surface area (TPSA) is 76.7 Å². The summed E-state index contributed by atoms with van der Waals surface area (Å²) < 4.78 is 10.5. The summed E-state index contributed by atoms with van der Waals surface area (Å²) in [5, 5.41) is 5.89. The van der Waals surface area contributed by atoms with Gasteiger partial charge in [-0.1, -0.05) is 24.3 Å². The minimum Gasteiger partial charge on any atom is -0.460 e. The molecule has 0 spiro atoms. The second kappa shape index (κ2) is 9.78. The number of carbonyl (C=O) groups is 2. The van der Waals surface area contributed by atoms with Crippen LogP contribution in [0.4, 0.5) is 16.2 Å². The van der Waals surface area contributed by atoms with Gasteiger partial charge in [0.1, 0.15) is 13.2 Å². The van der Waals surface area contributed by atoms with Gasteiger partial charge < -0.3 is 14.8 Å². The van der Waals surface area contributed by atoms with Gasteiger partial charge in [-0.25, -0.2) is 4.79 Å². The van der Waals surface area contributed by atoms with Crippen molar-refractivity contribution in [3.8, 4) is 0 Å². The molecule has 0 saturated heterocycles. The number of amides is 1. The average Bonchev–Trinajstić information content (AvgIpc) is 2.66. The van der Waals surface area contributed by atoms with E-state index in [1.165, 1.54) is 0 Å². The largest absolute Gasteiger partial charge is 0.460 e. The molecule has 0 bridgehead atoms. The van der Waals surface area contributed by atoms with E-state index in [1.807, 2.05) is 52.0 Å². The molecule has 0 fully saturated rings. The van der Waals surface area contributed by atoms with E-state index in [0.717, 1.165) is 23.4 Å². The van der Waals surface area contributed by atoms with Crippen LogP contribution in [-0.2, 0) is 27.5 Å². The van der Waals surface area contributed by atoms with E-state index >= 15 is 0 Å². The lowest BCUT2D eigenvalue weighted by molar-refractivity contribution is -0.154. The molecular formula is C22H28N2O4. The second-order valence-corrected chi connectivity index (χ2v) is 7.45. The summed E-state index contributed by atoms with van der Waals surface area (Å²) in [4.78, 5) is 23.7. The number of nitrogens with one attached hydrogen (secondary N) is 2. The van der Waals surface area contributed by atoms with Gasteiger partial charge in [-0.2, -0.15) is 0 Å². The van der Waals surface area contributed by atoms with Gasteiger partial charge in [0.05, 0.1) is 5.41 Å². The second-order valence-electron chi connectivity index (χ2n) is 7.45. The molecule has 0 unspecified atom stereocenters. The van der Waals surface area contributed by atoms with E-state index in [1.54, 1.807) is 24.3 Å². The van der Waals surface area contributed by atoms with E-state index in [4.69, 9.17) is 9.47 Å². The Morgan fingerprint density at radius 1 is 0.821 bits per heavy atom. The first kappa shape index (κ1) is 21.3. The Balaban J connectivity index is 1.78. The summed E-state index contributed by atoms with van der Waals surface area (Å²) in [5.41, 5.74) is 2.87. The van der Waals surface area contributed by atoms with E-state index in [-0.39, 0.29) is 19.2 Å². The first-order valence-electron chi connectivity index (χ1n) is 9.30. The van der Waals surface area contributed by atoms with Gasteiger partial charge in [0.2, 0.25) is 0 Å². The molecule has 2 rings (SSSR count). The smallest absolute Gasteiger partial charge is 0.411 e. The third-order valence-corrected chi connectivity index (χ3v) is 3.89. The van der Waals surface area contributed by atoms with Crippen molar-refractivity contribution in [2.75, 3.05) is 17.2 Å². The van der Waals surface area contributed by atoms with Gasteiger partial charge in [-0.05, 0) is 63.1 Å². The summed E-state index contributed by atoms with van der Waals surface area (Å²) >= 11 is 0. The monoisotopic (exact) mass is 384 g/mol. The fourth-order valence-electron chi connectivity index (χ4n) is 2.28. The standard InChI is InChI=1S/C22H28N2O4/c1-5-23-18-10-6-17(7-11-18)15-28-21(26)24-19-12-8-16(9-13-19)14-27-20(25)22(2,3)4/h6-13,23H,5,14-15H2,1-4H3,(H,24,26). The average molecular weight is 384 g/mol. The van der Waals surface area contributed by atoms with E-state index in [0.29, 0.717) is 5.69 Å². The molecule has 2 aromatic rings. The number of ether oxygens (including phenoxy) is 2. The first-order chi connectivity index (χ1) is 13.3. The lowest BCUT2D eigenvalue weighted by Gasteiger charge is -2.16. The zero-order valence-corrected chi connectivity index (χ0v) is 16.9. The summed E-state index contributed by atoms with van der Waals surface area (Å²) in [5.74, 6) is -0.253. The van der Waals surface area contributed by atoms with Crippen LogP contribution >= 0.6 is 0 Å². The highest BCUT2D eigenvalue weighted by Gasteiger charge is 2.22. The van der Waals surface area contributed by atoms with Gasteiger partial charge >= 0.3 is 12.1 Å². The zero-order chi connectivity index (χ0) is 20.6. The number of benzene rings is 2. The molecule has 0 aliphatic rings. The summed E-state index contributed by atoms with van der Waals surface area (Å²) in [6, 6.07) is 14.8. The Morgan fingerprint density at radius 3 is 1.82 bits per heavy atom. The predicted octanol–water partition coefficient (Wildman–Crippen LogP) is 4.96. The summed E-state index contributed by atoms with van der Waals surface area (Å²) in [6.45, 7) is 8.71. The fraction of sp³-hybridized carbons (Fsp3) is 0.364. The highest BCUT2D eigenvalue weighted by molar-refractivity contribution is 5.84. The maximum Gasteiger partial charge on any atom is 0.411 e. The lowest BCUT2D eigenvalue weighted by atomic mass is 9.97. The third-order valence-electron chi connectivity index (χ3n) is 3.89. The number of hydrogen-bond donors (Lipinski definition) is 2. The third kappa shape index (κ3) is 6.95. The Bertz CT molecular complexity index is 778. The zero-order valence-electron chi connectivity index (χ0n) is 16.9. The molecule has 0 heterocycles. The van der Waals surface area contributed by atoms with Crippen molar-refractivity contribution in [2.45, 2.75) is 40.9 Å².